The fourth-order valence-electron chi connectivity index (χ4n) is 3.35. The monoisotopic (exact) mass is 376 g/mol. The molecule has 1 aromatic carbocycles. The molecule has 1 fully saturated rings. The average molecular weight is 376 g/mol. The summed E-state index contributed by atoms with van der Waals surface area (Å²) < 4.78 is 10.2. The normalized spacial score (nSPS) is 20.2. The van der Waals surface area contributed by atoms with E-state index in [2.05, 4.69) is 4.90 Å². The van der Waals surface area contributed by atoms with Gasteiger partial charge in [0, 0.05) is 24.3 Å². The second-order valence-corrected chi connectivity index (χ2v) is 7.87. The molecule has 1 amide bonds. The van der Waals surface area contributed by atoms with E-state index in [0.29, 0.717) is 19.4 Å². The van der Waals surface area contributed by atoms with Crippen LogP contribution in [0.15, 0.2) is 18.2 Å². The Morgan fingerprint density at radius 3 is 2.22 bits per heavy atom. The summed E-state index contributed by atoms with van der Waals surface area (Å²) in [4.78, 5) is 39.5. The summed E-state index contributed by atoms with van der Waals surface area (Å²) in [5.74, 6) is -0.542. The Morgan fingerprint density at radius 1 is 1.15 bits per heavy atom. The minimum atomic E-state index is -0.545. The van der Waals surface area contributed by atoms with E-state index in [1.165, 1.54) is 7.11 Å². The summed E-state index contributed by atoms with van der Waals surface area (Å²) in [6, 6.07) is 4.94. The molecule has 0 N–H and O–H groups in total. The van der Waals surface area contributed by atoms with Crippen molar-refractivity contribution in [2.24, 2.45) is 0 Å². The highest BCUT2D eigenvalue weighted by Crippen LogP contribution is 2.26. The van der Waals surface area contributed by atoms with Crippen molar-refractivity contribution in [3.63, 3.8) is 0 Å². The molecule has 0 spiro atoms. The van der Waals surface area contributed by atoms with Gasteiger partial charge in [-0.25, -0.2) is 9.59 Å². The molecule has 7 nitrogen and oxygen atoms in total. The number of esters is 1. The van der Waals surface area contributed by atoms with Crippen LogP contribution in [0.4, 0.5) is 10.5 Å². The Morgan fingerprint density at radius 2 is 1.74 bits per heavy atom. The molecule has 1 aromatic rings. The summed E-state index contributed by atoms with van der Waals surface area (Å²) in [6.45, 7) is 10.7. The molecule has 148 valence electrons. The Bertz CT molecular complexity index is 714. The molecule has 0 aliphatic carbocycles. The van der Waals surface area contributed by atoms with E-state index in [4.69, 9.17) is 9.47 Å². The second kappa shape index (κ2) is 7.98. The van der Waals surface area contributed by atoms with Gasteiger partial charge in [-0.1, -0.05) is 0 Å². The van der Waals surface area contributed by atoms with Gasteiger partial charge in [0.2, 0.25) is 0 Å². The minimum Gasteiger partial charge on any atom is -0.465 e. The van der Waals surface area contributed by atoms with Gasteiger partial charge in [0.05, 0.1) is 24.8 Å². The van der Waals surface area contributed by atoms with Crippen LogP contribution in [0.5, 0.6) is 0 Å². The molecule has 0 radical (unpaired) electrons. The van der Waals surface area contributed by atoms with Crippen molar-refractivity contribution in [1.29, 1.82) is 0 Å². The SMILES string of the molecule is COC(=O)c1ccc(N2CC(C)N(C(=O)OC(C)(C)C)C(C)C2)cc1C=O. The number of anilines is 1. The number of hydrogen-bond donors (Lipinski definition) is 0. The maximum Gasteiger partial charge on any atom is 0.410 e. The zero-order chi connectivity index (χ0) is 20.4. The molecule has 27 heavy (non-hydrogen) atoms. The number of nitrogens with zero attached hydrogens (tertiary/aromatic N) is 2. The molecule has 1 heterocycles. The van der Waals surface area contributed by atoms with E-state index in [0.717, 1.165) is 5.69 Å². The number of hydrogen-bond acceptors (Lipinski definition) is 6. The highest BCUT2D eigenvalue weighted by Gasteiger charge is 2.35. The fraction of sp³-hybridized carbons (Fsp3) is 0.550. The lowest BCUT2D eigenvalue weighted by Gasteiger charge is -2.45. The molecular weight excluding hydrogens is 348 g/mol. The van der Waals surface area contributed by atoms with Crippen LogP contribution in [0.3, 0.4) is 0 Å². The molecular formula is C20H28N2O5. The van der Waals surface area contributed by atoms with Gasteiger partial charge in [-0.2, -0.15) is 0 Å². The highest BCUT2D eigenvalue weighted by atomic mass is 16.6. The van der Waals surface area contributed by atoms with Crippen molar-refractivity contribution in [2.45, 2.75) is 52.3 Å². The zero-order valence-electron chi connectivity index (χ0n) is 16.8. The maximum absolute atomic E-state index is 12.5. The van der Waals surface area contributed by atoms with Crippen LogP contribution in [0.1, 0.15) is 55.3 Å². The zero-order valence-corrected chi connectivity index (χ0v) is 16.8. The van der Waals surface area contributed by atoms with Crippen molar-refractivity contribution in [2.75, 3.05) is 25.1 Å². The van der Waals surface area contributed by atoms with Crippen LogP contribution in [0.25, 0.3) is 0 Å². The van der Waals surface area contributed by atoms with Gasteiger partial charge in [0.1, 0.15) is 5.60 Å². The Kier molecular flexibility index (Phi) is 6.13. The van der Waals surface area contributed by atoms with E-state index in [1.54, 1.807) is 23.1 Å². The molecule has 1 aliphatic rings. The van der Waals surface area contributed by atoms with Gasteiger partial charge >= 0.3 is 12.1 Å². The summed E-state index contributed by atoms with van der Waals surface area (Å²) in [5, 5.41) is 0. The third-order valence-corrected chi connectivity index (χ3v) is 4.46. The van der Waals surface area contributed by atoms with Crippen molar-refractivity contribution in [3.05, 3.63) is 29.3 Å². The first-order chi connectivity index (χ1) is 12.6. The first-order valence-electron chi connectivity index (χ1n) is 9.01. The molecule has 2 rings (SSSR count). The smallest absolute Gasteiger partial charge is 0.410 e. The van der Waals surface area contributed by atoms with Crippen LogP contribution in [-0.2, 0) is 9.47 Å². The number of ether oxygens (including phenoxy) is 2. The Labute approximate surface area is 160 Å². The van der Waals surface area contributed by atoms with Crippen molar-refractivity contribution < 1.29 is 23.9 Å². The number of aldehydes is 1. The Hall–Kier alpha value is -2.57. The number of rotatable bonds is 3. The molecule has 1 saturated heterocycles. The summed E-state index contributed by atoms with van der Waals surface area (Å²) >= 11 is 0. The van der Waals surface area contributed by atoms with Crippen molar-refractivity contribution in [3.8, 4) is 0 Å². The first kappa shape index (κ1) is 20.7. The first-order valence-corrected chi connectivity index (χ1v) is 9.01. The van der Waals surface area contributed by atoms with Crippen molar-refractivity contribution in [1.82, 2.24) is 4.90 Å². The van der Waals surface area contributed by atoms with Gasteiger partial charge in [-0.3, -0.25) is 9.69 Å². The molecule has 0 bridgehead atoms. The standard InChI is InChI=1S/C20H28N2O5/c1-13-10-21(11-14(2)22(13)19(25)27-20(3,4)5)16-7-8-17(18(24)26-6)15(9-16)12-23/h7-9,12-14H,10-11H2,1-6H3. The average Bonchev–Trinajstić information content (AvgIpc) is 2.58. The lowest BCUT2D eigenvalue weighted by Crippen LogP contribution is -2.59. The lowest BCUT2D eigenvalue weighted by atomic mass is 10.0. The molecule has 2 unspecified atom stereocenters. The minimum absolute atomic E-state index is 0.0661. The predicted molar refractivity (Wildman–Crippen MR) is 102 cm³/mol. The summed E-state index contributed by atoms with van der Waals surface area (Å²) in [5.41, 5.74) is 0.808. The van der Waals surface area contributed by atoms with E-state index in [1.807, 2.05) is 34.6 Å². The van der Waals surface area contributed by atoms with E-state index in [-0.39, 0.29) is 29.3 Å². The third-order valence-electron chi connectivity index (χ3n) is 4.46. The molecule has 2 atom stereocenters. The lowest BCUT2D eigenvalue weighted by molar-refractivity contribution is 0.00563. The number of carbonyl (C=O) groups is 3. The molecule has 7 heteroatoms. The van der Waals surface area contributed by atoms with Gasteiger partial charge in [0.25, 0.3) is 0 Å². The van der Waals surface area contributed by atoms with Crippen LogP contribution >= 0.6 is 0 Å². The van der Waals surface area contributed by atoms with Crippen LogP contribution in [-0.4, -0.2) is 61.1 Å². The number of amides is 1. The predicted octanol–water partition coefficient (Wildman–Crippen LogP) is 3.12. The summed E-state index contributed by atoms with van der Waals surface area (Å²) in [7, 11) is 1.28. The highest BCUT2D eigenvalue weighted by molar-refractivity contribution is 5.99. The Balaban J connectivity index is 2.20. The number of carbonyl (C=O) groups excluding carboxylic acids is 3. The van der Waals surface area contributed by atoms with Gasteiger partial charge < -0.3 is 14.4 Å². The number of benzene rings is 1. The van der Waals surface area contributed by atoms with Gasteiger partial charge in [-0.15, -0.1) is 0 Å². The second-order valence-electron chi connectivity index (χ2n) is 7.87. The van der Waals surface area contributed by atoms with Crippen LogP contribution in [0.2, 0.25) is 0 Å². The van der Waals surface area contributed by atoms with Gasteiger partial charge in [0.15, 0.2) is 6.29 Å². The van der Waals surface area contributed by atoms with Gasteiger partial charge in [-0.05, 0) is 52.8 Å². The fourth-order valence-corrected chi connectivity index (χ4v) is 3.35. The van der Waals surface area contributed by atoms with Crippen LogP contribution in [0, 0.1) is 0 Å². The maximum atomic E-state index is 12.5. The van der Waals surface area contributed by atoms with E-state index >= 15 is 0 Å². The topological polar surface area (TPSA) is 76.2 Å². The van der Waals surface area contributed by atoms with Crippen LogP contribution < -0.4 is 4.90 Å². The molecule has 1 aliphatic heterocycles. The summed E-state index contributed by atoms with van der Waals surface area (Å²) in [6.07, 6.45) is 0.330. The van der Waals surface area contributed by atoms with E-state index < -0.39 is 11.6 Å². The third kappa shape index (κ3) is 4.78. The molecule has 0 saturated carbocycles. The van der Waals surface area contributed by atoms with Crippen molar-refractivity contribution >= 4 is 24.0 Å². The number of piperazine rings is 1. The largest absolute Gasteiger partial charge is 0.465 e. The quantitative estimate of drug-likeness (QED) is 0.596. The molecule has 0 aromatic heterocycles. The van der Waals surface area contributed by atoms with E-state index in [9.17, 15) is 14.4 Å². The number of methoxy groups -OCH3 is 1.